The molecule has 4 aromatic rings. The minimum absolute atomic E-state index is 0.291. The van der Waals surface area contributed by atoms with E-state index in [1.807, 2.05) is 76.1 Å². The summed E-state index contributed by atoms with van der Waals surface area (Å²) in [4.78, 5) is 25.6. The van der Waals surface area contributed by atoms with Crippen molar-refractivity contribution in [2.75, 3.05) is 49.8 Å². The molecule has 1 amide bonds. The standard InChI is InChI=1S/C29H32N8O/c1-7-27(38)32-23-17-22(19(2)16-25(23)36(5)15-14-35(3)4)34-29-31-13-12-21(33-29)28-20-10-8-9-11-24(20)37(6)26(28)18-30/h7-13,16-17H,1,14-15H2,2-6H3,(H,32,38)(H,31,33,34). The van der Waals surface area contributed by atoms with Gasteiger partial charge in [-0.2, -0.15) is 5.26 Å². The van der Waals surface area contributed by atoms with Crippen LogP contribution < -0.4 is 15.5 Å². The van der Waals surface area contributed by atoms with Gasteiger partial charge < -0.3 is 25.0 Å². The maximum Gasteiger partial charge on any atom is 0.247 e. The molecule has 194 valence electrons. The Morgan fingerprint density at radius 3 is 2.63 bits per heavy atom. The number of nitrogens with zero attached hydrogens (tertiary/aromatic N) is 6. The second-order valence-electron chi connectivity index (χ2n) is 9.40. The molecule has 0 aliphatic carbocycles. The fraction of sp³-hybridized carbons (Fsp3) is 0.241. The van der Waals surface area contributed by atoms with E-state index in [0.29, 0.717) is 23.0 Å². The average molecular weight is 509 g/mol. The van der Waals surface area contributed by atoms with E-state index < -0.39 is 0 Å². The van der Waals surface area contributed by atoms with Gasteiger partial charge in [-0.3, -0.25) is 4.79 Å². The summed E-state index contributed by atoms with van der Waals surface area (Å²) in [6.45, 7) is 7.23. The number of rotatable bonds is 9. The van der Waals surface area contributed by atoms with Gasteiger partial charge in [-0.1, -0.05) is 24.8 Å². The molecule has 9 heteroatoms. The van der Waals surface area contributed by atoms with Crippen molar-refractivity contribution in [3.8, 4) is 17.3 Å². The van der Waals surface area contributed by atoms with Gasteiger partial charge in [0.1, 0.15) is 11.8 Å². The van der Waals surface area contributed by atoms with Crippen LogP contribution in [0.2, 0.25) is 0 Å². The third kappa shape index (κ3) is 5.36. The number of hydrogen-bond acceptors (Lipinski definition) is 7. The lowest BCUT2D eigenvalue weighted by Crippen LogP contribution is -2.29. The van der Waals surface area contributed by atoms with Crippen molar-refractivity contribution >= 4 is 39.8 Å². The first-order valence-corrected chi connectivity index (χ1v) is 12.2. The van der Waals surface area contributed by atoms with Crippen LogP contribution in [-0.4, -0.2) is 59.6 Å². The molecular weight excluding hydrogens is 476 g/mol. The van der Waals surface area contributed by atoms with Crippen molar-refractivity contribution in [1.82, 2.24) is 19.4 Å². The largest absolute Gasteiger partial charge is 0.372 e. The normalized spacial score (nSPS) is 10.9. The molecule has 0 aliphatic heterocycles. The first kappa shape index (κ1) is 26.4. The molecule has 0 unspecified atom stereocenters. The summed E-state index contributed by atoms with van der Waals surface area (Å²) >= 11 is 0. The van der Waals surface area contributed by atoms with Crippen molar-refractivity contribution in [3.63, 3.8) is 0 Å². The molecule has 2 aromatic heterocycles. The second-order valence-corrected chi connectivity index (χ2v) is 9.40. The van der Waals surface area contributed by atoms with E-state index in [1.165, 1.54) is 6.08 Å². The molecule has 9 nitrogen and oxygen atoms in total. The lowest BCUT2D eigenvalue weighted by atomic mass is 10.1. The number of aromatic nitrogens is 3. The first-order chi connectivity index (χ1) is 18.2. The van der Waals surface area contributed by atoms with Crippen LogP contribution in [0.3, 0.4) is 0 Å². The number of nitrogens with one attached hydrogen (secondary N) is 2. The Kier molecular flexibility index (Phi) is 7.74. The van der Waals surface area contributed by atoms with Crippen LogP contribution in [0, 0.1) is 18.3 Å². The number of benzene rings is 2. The van der Waals surface area contributed by atoms with Crippen molar-refractivity contribution in [1.29, 1.82) is 5.26 Å². The van der Waals surface area contributed by atoms with Gasteiger partial charge in [0.15, 0.2) is 0 Å². The Balaban J connectivity index is 1.73. The van der Waals surface area contributed by atoms with Crippen LogP contribution in [-0.2, 0) is 11.8 Å². The van der Waals surface area contributed by atoms with Crippen LogP contribution in [0.1, 0.15) is 11.3 Å². The molecule has 2 aromatic carbocycles. The molecule has 4 rings (SSSR count). The smallest absolute Gasteiger partial charge is 0.247 e. The van der Waals surface area contributed by atoms with E-state index in [4.69, 9.17) is 4.98 Å². The Labute approximate surface area is 223 Å². The van der Waals surface area contributed by atoms with E-state index in [2.05, 4.69) is 38.1 Å². The van der Waals surface area contributed by atoms with Gasteiger partial charge in [-0.05, 0) is 56.9 Å². The highest BCUT2D eigenvalue weighted by molar-refractivity contribution is 6.02. The van der Waals surface area contributed by atoms with Gasteiger partial charge in [-0.15, -0.1) is 0 Å². The zero-order valence-corrected chi connectivity index (χ0v) is 22.4. The van der Waals surface area contributed by atoms with Gasteiger partial charge in [0.25, 0.3) is 0 Å². The summed E-state index contributed by atoms with van der Waals surface area (Å²) < 4.78 is 1.88. The van der Waals surface area contributed by atoms with Crippen molar-refractivity contribution in [3.05, 3.63) is 72.6 Å². The van der Waals surface area contributed by atoms with E-state index in [9.17, 15) is 10.1 Å². The molecule has 0 atom stereocenters. The topological polar surface area (TPSA) is 102 Å². The Hall–Kier alpha value is -4.68. The van der Waals surface area contributed by atoms with Crippen molar-refractivity contribution in [2.24, 2.45) is 7.05 Å². The Morgan fingerprint density at radius 2 is 1.92 bits per heavy atom. The zero-order valence-electron chi connectivity index (χ0n) is 22.4. The van der Waals surface area contributed by atoms with E-state index in [0.717, 1.165) is 46.5 Å². The van der Waals surface area contributed by atoms with Crippen LogP contribution in [0.5, 0.6) is 0 Å². The lowest BCUT2D eigenvalue weighted by molar-refractivity contribution is -0.111. The van der Waals surface area contributed by atoms with Crippen LogP contribution in [0.4, 0.5) is 23.0 Å². The molecule has 0 saturated heterocycles. The molecule has 0 spiro atoms. The molecule has 2 N–H and O–H groups in total. The number of carbonyl (C=O) groups excluding carboxylic acids is 1. The first-order valence-electron chi connectivity index (χ1n) is 12.2. The van der Waals surface area contributed by atoms with Crippen LogP contribution in [0.25, 0.3) is 22.2 Å². The van der Waals surface area contributed by atoms with Gasteiger partial charge in [0.2, 0.25) is 11.9 Å². The third-order valence-corrected chi connectivity index (χ3v) is 6.45. The van der Waals surface area contributed by atoms with E-state index in [-0.39, 0.29) is 5.91 Å². The van der Waals surface area contributed by atoms with Crippen LogP contribution in [0.15, 0.2) is 61.3 Å². The highest BCUT2D eigenvalue weighted by Crippen LogP contribution is 2.35. The summed E-state index contributed by atoms with van der Waals surface area (Å²) in [6.07, 6.45) is 2.92. The Morgan fingerprint density at radius 1 is 1.16 bits per heavy atom. The minimum atomic E-state index is -0.291. The van der Waals surface area contributed by atoms with E-state index >= 15 is 0 Å². The predicted octanol–water partition coefficient (Wildman–Crippen LogP) is 4.68. The maximum absolute atomic E-state index is 12.2. The summed E-state index contributed by atoms with van der Waals surface area (Å²) in [5.41, 5.74) is 6.18. The van der Waals surface area contributed by atoms with Crippen LogP contribution >= 0.6 is 0 Å². The second kappa shape index (κ2) is 11.2. The molecule has 0 radical (unpaired) electrons. The fourth-order valence-corrected chi connectivity index (χ4v) is 4.36. The number of para-hydroxylation sites is 1. The number of likely N-dealkylation sites (N-methyl/N-ethyl adjacent to an activating group) is 2. The highest BCUT2D eigenvalue weighted by atomic mass is 16.1. The summed E-state index contributed by atoms with van der Waals surface area (Å²) in [6, 6.07) is 15.9. The summed E-state index contributed by atoms with van der Waals surface area (Å²) in [5.74, 6) is 0.0948. The molecule has 0 aliphatic rings. The summed E-state index contributed by atoms with van der Waals surface area (Å²) in [5, 5.41) is 17.1. The predicted molar refractivity (Wildman–Crippen MR) is 154 cm³/mol. The molecule has 2 heterocycles. The minimum Gasteiger partial charge on any atom is -0.372 e. The maximum atomic E-state index is 12.2. The number of carbonyl (C=O) groups is 1. The SMILES string of the molecule is C=CC(=O)Nc1cc(Nc2nccc(-c3c(C#N)n(C)c4ccccc34)n2)c(C)cc1N(C)CCN(C)C. The molecule has 0 saturated carbocycles. The quantitative estimate of drug-likeness (QED) is 0.317. The van der Waals surface area contributed by atoms with Gasteiger partial charge in [0.05, 0.1) is 17.1 Å². The lowest BCUT2D eigenvalue weighted by Gasteiger charge is -2.25. The van der Waals surface area contributed by atoms with Gasteiger partial charge in [-0.25, -0.2) is 9.97 Å². The monoisotopic (exact) mass is 508 g/mol. The van der Waals surface area contributed by atoms with E-state index in [1.54, 1.807) is 12.3 Å². The molecule has 0 fully saturated rings. The third-order valence-electron chi connectivity index (χ3n) is 6.45. The molecule has 0 bridgehead atoms. The molecule has 38 heavy (non-hydrogen) atoms. The average Bonchev–Trinajstić information content (AvgIpc) is 3.20. The zero-order chi connectivity index (χ0) is 27.4. The van der Waals surface area contributed by atoms with Crippen molar-refractivity contribution < 1.29 is 4.79 Å². The van der Waals surface area contributed by atoms with Gasteiger partial charge in [0, 0.05) is 55.5 Å². The number of hydrogen-bond donors (Lipinski definition) is 2. The molecular formula is C29H32N8O. The fourth-order valence-electron chi connectivity index (χ4n) is 4.36. The highest BCUT2D eigenvalue weighted by Gasteiger charge is 2.19. The number of amides is 1. The van der Waals surface area contributed by atoms with Crippen molar-refractivity contribution in [2.45, 2.75) is 6.92 Å². The number of fused-ring (bicyclic) bond motifs is 1. The Bertz CT molecular complexity index is 1550. The van der Waals surface area contributed by atoms with Gasteiger partial charge >= 0.3 is 0 Å². The number of anilines is 4. The number of nitriles is 1. The summed E-state index contributed by atoms with van der Waals surface area (Å²) in [7, 11) is 7.93. The number of aryl methyl sites for hydroxylation is 2.